The average Bonchev–Trinajstić information content (AvgIpc) is 2.87. The summed E-state index contributed by atoms with van der Waals surface area (Å²) in [4.78, 5) is 10.8. The van der Waals surface area contributed by atoms with E-state index < -0.39 is 5.60 Å². The van der Waals surface area contributed by atoms with E-state index in [9.17, 15) is 9.90 Å². The Balaban J connectivity index is 2.27. The van der Waals surface area contributed by atoms with E-state index in [1.54, 1.807) is 0 Å². The molecule has 0 amide bonds. The summed E-state index contributed by atoms with van der Waals surface area (Å²) in [5, 5.41) is 9.76. The van der Waals surface area contributed by atoms with Gasteiger partial charge in [-0.2, -0.15) is 0 Å². The summed E-state index contributed by atoms with van der Waals surface area (Å²) >= 11 is 0. The maximum atomic E-state index is 10.8. The first-order valence-corrected chi connectivity index (χ1v) is 4.90. The van der Waals surface area contributed by atoms with Crippen LogP contribution in [0.2, 0.25) is 0 Å². The third kappa shape index (κ3) is 1.85. The third-order valence-electron chi connectivity index (χ3n) is 2.78. The summed E-state index contributed by atoms with van der Waals surface area (Å²) in [6.45, 7) is 1.96. The van der Waals surface area contributed by atoms with Gasteiger partial charge in [-0.25, -0.2) is 0 Å². The van der Waals surface area contributed by atoms with Crippen LogP contribution in [0.15, 0.2) is 18.2 Å². The van der Waals surface area contributed by atoms with E-state index in [-0.39, 0.29) is 0 Å². The van der Waals surface area contributed by atoms with Crippen LogP contribution in [0.3, 0.4) is 0 Å². The molecule has 1 aliphatic carbocycles. The fourth-order valence-corrected chi connectivity index (χ4v) is 1.66. The van der Waals surface area contributed by atoms with Gasteiger partial charge < -0.3 is 5.11 Å². The predicted octanol–water partition coefficient (Wildman–Crippen LogP) is 1.87. The SMILES string of the molecule is Cc1ccc(CC2(O)CC2)c(C=O)c1. The fraction of sp³-hybridized carbons (Fsp3) is 0.417. The molecular weight excluding hydrogens is 176 g/mol. The molecule has 0 saturated heterocycles. The Hall–Kier alpha value is -1.15. The summed E-state index contributed by atoms with van der Waals surface area (Å²) in [5.41, 5.74) is 2.24. The zero-order chi connectivity index (χ0) is 10.2. The Labute approximate surface area is 83.6 Å². The second kappa shape index (κ2) is 3.21. The molecule has 0 aromatic heterocycles. The summed E-state index contributed by atoms with van der Waals surface area (Å²) in [5.74, 6) is 0. The van der Waals surface area contributed by atoms with Gasteiger partial charge in [0.1, 0.15) is 6.29 Å². The second-order valence-corrected chi connectivity index (χ2v) is 4.22. The molecule has 0 spiro atoms. The van der Waals surface area contributed by atoms with Crippen molar-refractivity contribution in [2.45, 2.75) is 31.8 Å². The highest BCUT2D eigenvalue weighted by Gasteiger charge is 2.40. The number of benzene rings is 1. The predicted molar refractivity (Wildman–Crippen MR) is 54.5 cm³/mol. The van der Waals surface area contributed by atoms with E-state index in [4.69, 9.17) is 0 Å². The zero-order valence-electron chi connectivity index (χ0n) is 8.29. The molecule has 1 aromatic rings. The van der Waals surface area contributed by atoms with Gasteiger partial charge in [-0.15, -0.1) is 0 Å². The number of hydrogen-bond donors (Lipinski definition) is 1. The van der Waals surface area contributed by atoms with Crippen LogP contribution in [0.5, 0.6) is 0 Å². The minimum Gasteiger partial charge on any atom is -0.390 e. The minimum absolute atomic E-state index is 0.521. The maximum Gasteiger partial charge on any atom is 0.150 e. The average molecular weight is 190 g/mol. The highest BCUT2D eigenvalue weighted by molar-refractivity contribution is 5.77. The highest BCUT2D eigenvalue weighted by atomic mass is 16.3. The van der Waals surface area contributed by atoms with Gasteiger partial charge >= 0.3 is 0 Å². The number of hydrogen-bond acceptors (Lipinski definition) is 2. The number of aliphatic hydroxyl groups is 1. The summed E-state index contributed by atoms with van der Waals surface area (Å²) < 4.78 is 0. The van der Waals surface area contributed by atoms with Crippen molar-refractivity contribution in [1.82, 2.24) is 0 Å². The molecule has 14 heavy (non-hydrogen) atoms. The van der Waals surface area contributed by atoms with Crippen LogP contribution in [0, 0.1) is 6.92 Å². The van der Waals surface area contributed by atoms with Crippen LogP contribution >= 0.6 is 0 Å². The zero-order valence-corrected chi connectivity index (χ0v) is 8.29. The molecule has 1 aliphatic rings. The van der Waals surface area contributed by atoms with Gasteiger partial charge in [-0.05, 0) is 31.4 Å². The molecule has 0 aliphatic heterocycles. The minimum atomic E-state index is -0.521. The van der Waals surface area contributed by atoms with E-state index in [0.717, 1.165) is 30.3 Å². The van der Waals surface area contributed by atoms with Crippen LogP contribution in [0.25, 0.3) is 0 Å². The topological polar surface area (TPSA) is 37.3 Å². The molecule has 0 atom stereocenters. The summed E-state index contributed by atoms with van der Waals surface area (Å²) in [7, 11) is 0. The number of rotatable bonds is 3. The third-order valence-corrected chi connectivity index (χ3v) is 2.78. The van der Waals surface area contributed by atoms with E-state index in [2.05, 4.69) is 0 Å². The molecule has 0 heterocycles. The lowest BCUT2D eigenvalue weighted by Gasteiger charge is -2.10. The van der Waals surface area contributed by atoms with Crippen molar-refractivity contribution in [1.29, 1.82) is 0 Å². The number of carbonyl (C=O) groups is 1. The van der Waals surface area contributed by atoms with Crippen LogP contribution in [0.1, 0.15) is 34.3 Å². The molecule has 0 radical (unpaired) electrons. The molecule has 1 aromatic carbocycles. The van der Waals surface area contributed by atoms with Gasteiger partial charge in [0.15, 0.2) is 0 Å². The van der Waals surface area contributed by atoms with Gasteiger partial charge in [0.2, 0.25) is 0 Å². The van der Waals surface area contributed by atoms with Crippen molar-refractivity contribution in [3.05, 3.63) is 34.9 Å². The van der Waals surface area contributed by atoms with Gasteiger partial charge in [-0.1, -0.05) is 17.7 Å². The number of carbonyl (C=O) groups excluding carboxylic acids is 1. The second-order valence-electron chi connectivity index (χ2n) is 4.22. The number of aldehydes is 1. The van der Waals surface area contributed by atoms with Crippen molar-refractivity contribution in [2.75, 3.05) is 0 Å². The van der Waals surface area contributed by atoms with E-state index >= 15 is 0 Å². The van der Waals surface area contributed by atoms with Gasteiger partial charge in [0.05, 0.1) is 5.60 Å². The molecule has 0 unspecified atom stereocenters. The lowest BCUT2D eigenvalue weighted by Crippen LogP contribution is -2.12. The Morgan fingerprint density at radius 2 is 2.21 bits per heavy atom. The monoisotopic (exact) mass is 190 g/mol. The molecule has 74 valence electrons. The van der Waals surface area contributed by atoms with Crippen LogP contribution in [0.4, 0.5) is 0 Å². The van der Waals surface area contributed by atoms with E-state index in [1.807, 2.05) is 25.1 Å². The first-order valence-electron chi connectivity index (χ1n) is 4.90. The normalized spacial score (nSPS) is 17.9. The highest BCUT2D eigenvalue weighted by Crippen LogP contribution is 2.38. The van der Waals surface area contributed by atoms with Crippen molar-refractivity contribution >= 4 is 6.29 Å². The standard InChI is InChI=1S/C12H14O2/c1-9-2-3-10(11(6-9)8-13)7-12(14)4-5-12/h2-3,6,8,14H,4-5,7H2,1H3. The summed E-state index contributed by atoms with van der Waals surface area (Å²) in [6, 6.07) is 5.79. The maximum absolute atomic E-state index is 10.8. The molecule has 2 nitrogen and oxygen atoms in total. The quantitative estimate of drug-likeness (QED) is 0.739. The molecule has 2 heteroatoms. The van der Waals surface area contributed by atoms with Gasteiger partial charge in [-0.3, -0.25) is 4.79 Å². The lowest BCUT2D eigenvalue weighted by atomic mass is 9.99. The van der Waals surface area contributed by atoms with E-state index in [0.29, 0.717) is 12.0 Å². The smallest absolute Gasteiger partial charge is 0.150 e. The lowest BCUT2D eigenvalue weighted by molar-refractivity contribution is 0.112. The van der Waals surface area contributed by atoms with Crippen LogP contribution < -0.4 is 0 Å². The summed E-state index contributed by atoms with van der Waals surface area (Å²) in [6.07, 6.45) is 3.20. The van der Waals surface area contributed by atoms with Crippen molar-refractivity contribution in [3.8, 4) is 0 Å². The Bertz CT molecular complexity index is 365. The molecule has 1 fully saturated rings. The molecule has 1 saturated carbocycles. The Kier molecular flexibility index (Phi) is 2.16. The fourth-order valence-electron chi connectivity index (χ4n) is 1.66. The molecule has 0 bridgehead atoms. The first-order chi connectivity index (χ1) is 6.63. The van der Waals surface area contributed by atoms with Gasteiger partial charge in [0.25, 0.3) is 0 Å². The van der Waals surface area contributed by atoms with Crippen LogP contribution in [-0.4, -0.2) is 17.0 Å². The Morgan fingerprint density at radius 3 is 2.79 bits per heavy atom. The van der Waals surface area contributed by atoms with Crippen molar-refractivity contribution in [2.24, 2.45) is 0 Å². The van der Waals surface area contributed by atoms with Gasteiger partial charge in [0, 0.05) is 12.0 Å². The van der Waals surface area contributed by atoms with Crippen LogP contribution in [-0.2, 0) is 6.42 Å². The largest absolute Gasteiger partial charge is 0.390 e. The molecule has 2 rings (SSSR count). The van der Waals surface area contributed by atoms with Crippen molar-refractivity contribution < 1.29 is 9.90 Å². The molecule has 1 N–H and O–H groups in total. The first kappa shape index (κ1) is 9.41. The van der Waals surface area contributed by atoms with E-state index in [1.165, 1.54) is 0 Å². The Morgan fingerprint density at radius 1 is 1.50 bits per heavy atom. The van der Waals surface area contributed by atoms with Crippen molar-refractivity contribution in [3.63, 3.8) is 0 Å². The number of aryl methyl sites for hydroxylation is 1. The molecular formula is C12H14O2.